The summed E-state index contributed by atoms with van der Waals surface area (Å²) in [4.78, 5) is 10.9. The summed E-state index contributed by atoms with van der Waals surface area (Å²) in [5, 5.41) is 18.5. The largest absolute Gasteiger partial charge is 0.466 e. The molecule has 1 rings (SSSR count). The lowest BCUT2D eigenvalue weighted by molar-refractivity contribution is -0.145. The van der Waals surface area contributed by atoms with Crippen LogP contribution in [0.2, 0.25) is 0 Å². The van der Waals surface area contributed by atoms with E-state index in [9.17, 15) is 15.0 Å². The molecule has 0 bridgehead atoms. The van der Waals surface area contributed by atoms with E-state index in [2.05, 4.69) is 0 Å². The van der Waals surface area contributed by atoms with Crippen LogP contribution in [0.25, 0.3) is 0 Å². The number of aliphatic hydroxyl groups is 2. The molecule has 0 aromatic carbocycles. The maximum Gasteiger partial charge on any atom is 0.308 e. The van der Waals surface area contributed by atoms with Crippen molar-refractivity contribution in [1.29, 1.82) is 0 Å². The van der Waals surface area contributed by atoms with E-state index in [-0.39, 0.29) is 6.42 Å². The fraction of sp³-hybridized carbons (Fsp3) is 0.667. The van der Waals surface area contributed by atoms with E-state index < -0.39 is 18.2 Å². The van der Waals surface area contributed by atoms with E-state index in [1.165, 1.54) is 12.2 Å². The Bertz CT molecular complexity index is 200. The Hall–Kier alpha value is -0.870. The molecule has 74 valence electrons. The highest BCUT2D eigenvalue weighted by Gasteiger charge is 2.11. The van der Waals surface area contributed by atoms with Crippen molar-refractivity contribution in [2.45, 2.75) is 31.5 Å². The number of carbonyl (C=O) groups is 1. The Morgan fingerprint density at radius 2 is 2.00 bits per heavy atom. The van der Waals surface area contributed by atoms with Gasteiger partial charge in [-0.2, -0.15) is 0 Å². The van der Waals surface area contributed by atoms with Crippen LogP contribution in [0.15, 0.2) is 12.2 Å². The van der Waals surface area contributed by atoms with Crippen LogP contribution in [-0.4, -0.2) is 35.0 Å². The molecule has 0 amide bonds. The highest BCUT2D eigenvalue weighted by Crippen LogP contribution is 2.05. The second kappa shape index (κ2) is 4.99. The van der Waals surface area contributed by atoms with Crippen LogP contribution >= 0.6 is 0 Å². The molecule has 1 aliphatic heterocycles. The van der Waals surface area contributed by atoms with Crippen LogP contribution in [0.5, 0.6) is 0 Å². The third kappa shape index (κ3) is 4.05. The molecule has 4 heteroatoms. The Morgan fingerprint density at radius 3 is 2.77 bits per heavy atom. The fourth-order valence-corrected chi connectivity index (χ4v) is 1.13. The summed E-state index contributed by atoms with van der Waals surface area (Å²) in [6.07, 6.45) is 2.71. The number of ether oxygens (including phenoxy) is 1. The van der Waals surface area contributed by atoms with E-state index in [0.29, 0.717) is 19.4 Å². The summed E-state index contributed by atoms with van der Waals surface area (Å²) in [6, 6.07) is 0. The van der Waals surface area contributed by atoms with Gasteiger partial charge in [-0.1, -0.05) is 12.2 Å². The smallest absolute Gasteiger partial charge is 0.308 e. The van der Waals surface area contributed by atoms with Gasteiger partial charge in [-0.3, -0.25) is 4.79 Å². The van der Waals surface area contributed by atoms with Gasteiger partial charge < -0.3 is 14.9 Å². The number of aliphatic hydroxyl groups excluding tert-OH is 2. The zero-order valence-corrected chi connectivity index (χ0v) is 7.35. The van der Waals surface area contributed by atoms with E-state index in [1.54, 1.807) is 0 Å². The molecule has 2 atom stereocenters. The van der Waals surface area contributed by atoms with E-state index in [4.69, 9.17) is 4.74 Å². The summed E-state index contributed by atoms with van der Waals surface area (Å²) in [5.74, 6) is -0.395. The topological polar surface area (TPSA) is 66.8 Å². The minimum absolute atomic E-state index is 0.0385. The second-order valence-corrected chi connectivity index (χ2v) is 3.09. The Kier molecular flexibility index (Phi) is 3.92. The molecule has 0 saturated carbocycles. The van der Waals surface area contributed by atoms with Crippen LogP contribution in [0.3, 0.4) is 0 Å². The summed E-state index contributed by atoms with van der Waals surface area (Å²) in [6.45, 7) is 0.316. The molecule has 0 spiro atoms. The van der Waals surface area contributed by atoms with Crippen molar-refractivity contribution in [3.8, 4) is 0 Å². The molecule has 13 heavy (non-hydrogen) atoms. The van der Waals surface area contributed by atoms with Crippen LogP contribution in [-0.2, 0) is 9.53 Å². The number of esters is 1. The summed E-state index contributed by atoms with van der Waals surface area (Å²) < 4.78 is 4.79. The van der Waals surface area contributed by atoms with Crippen LogP contribution in [0.1, 0.15) is 19.3 Å². The normalized spacial score (nSPS) is 33.5. The summed E-state index contributed by atoms with van der Waals surface area (Å²) in [5.41, 5.74) is 0. The van der Waals surface area contributed by atoms with Gasteiger partial charge in [-0.15, -0.1) is 0 Å². The van der Waals surface area contributed by atoms with Crippen molar-refractivity contribution in [1.82, 2.24) is 0 Å². The SMILES string of the molecule is O=C1C[C@H](O)/C=C/[C@H](O)CCCO1. The molecular formula is C9H14O4. The number of cyclic esters (lactones) is 1. The highest BCUT2D eigenvalue weighted by atomic mass is 16.5. The Balaban J connectivity index is 2.52. The van der Waals surface area contributed by atoms with Gasteiger partial charge in [-0.25, -0.2) is 0 Å². The predicted octanol–water partition coefficient (Wildman–Crippen LogP) is -0.00850. The lowest BCUT2D eigenvalue weighted by Crippen LogP contribution is -2.17. The maximum atomic E-state index is 10.9. The monoisotopic (exact) mass is 186 g/mol. The molecule has 0 fully saturated rings. The Morgan fingerprint density at radius 1 is 1.31 bits per heavy atom. The quantitative estimate of drug-likeness (QED) is 0.412. The summed E-state index contributed by atoms with van der Waals surface area (Å²) >= 11 is 0. The average molecular weight is 186 g/mol. The minimum Gasteiger partial charge on any atom is -0.466 e. The van der Waals surface area contributed by atoms with Gasteiger partial charge in [0.25, 0.3) is 0 Å². The molecule has 2 N–H and O–H groups in total. The van der Waals surface area contributed by atoms with E-state index in [1.807, 2.05) is 0 Å². The summed E-state index contributed by atoms with van der Waals surface area (Å²) in [7, 11) is 0. The molecule has 0 aliphatic carbocycles. The number of hydrogen-bond donors (Lipinski definition) is 2. The first-order valence-electron chi connectivity index (χ1n) is 4.38. The van der Waals surface area contributed by atoms with Crippen molar-refractivity contribution in [2.24, 2.45) is 0 Å². The van der Waals surface area contributed by atoms with Gasteiger partial charge in [0.2, 0.25) is 0 Å². The zero-order valence-electron chi connectivity index (χ0n) is 7.35. The highest BCUT2D eigenvalue weighted by molar-refractivity contribution is 5.70. The molecule has 0 aromatic heterocycles. The van der Waals surface area contributed by atoms with E-state index >= 15 is 0 Å². The minimum atomic E-state index is -0.847. The number of carbonyl (C=O) groups excluding carboxylic acids is 1. The van der Waals surface area contributed by atoms with Crippen LogP contribution in [0, 0.1) is 0 Å². The van der Waals surface area contributed by atoms with Gasteiger partial charge >= 0.3 is 5.97 Å². The van der Waals surface area contributed by atoms with Crippen molar-refractivity contribution in [2.75, 3.05) is 6.61 Å². The predicted molar refractivity (Wildman–Crippen MR) is 46.0 cm³/mol. The van der Waals surface area contributed by atoms with Gasteiger partial charge in [-0.05, 0) is 12.8 Å². The molecule has 4 nitrogen and oxygen atoms in total. The number of rotatable bonds is 0. The van der Waals surface area contributed by atoms with Crippen molar-refractivity contribution >= 4 is 5.97 Å². The van der Waals surface area contributed by atoms with Crippen LogP contribution in [0.4, 0.5) is 0 Å². The van der Waals surface area contributed by atoms with Gasteiger partial charge in [0.15, 0.2) is 0 Å². The first kappa shape index (κ1) is 10.2. The maximum absolute atomic E-state index is 10.9. The molecule has 0 radical (unpaired) electrons. The van der Waals surface area contributed by atoms with Gasteiger partial charge in [0.1, 0.15) is 0 Å². The van der Waals surface area contributed by atoms with Gasteiger partial charge in [0, 0.05) is 0 Å². The zero-order chi connectivity index (χ0) is 9.68. The first-order valence-corrected chi connectivity index (χ1v) is 4.38. The lowest BCUT2D eigenvalue weighted by Gasteiger charge is -2.11. The lowest BCUT2D eigenvalue weighted by atomic mass is 10.1. The molecule has 0 saturated heterocycles. The molecule has 1 heterocycles. The third-order valence-corrected chi connectivity index (χ3v) is 1.84. The fourth-order valence-electron chi connectivity index (χ4n) is 1.13. The van der Waals surface area contributed by atoms with Crippen molar-refractivity contribution < 1.29 is 19.7 Å². The van der Waals surface area contributed by atoms with E-state index in [0.717, 1.165) is 0 Å². The first-order chi connectivity index (χ1) is 6.18. The van der Waals surface area contributed by atoms with Crippen molar-refractivity contribution in [3.63, 3.8) is 0 Å². The molecule has 1 aliphatic rings. The number of hydrogen-bond acceptors (Lipinski definition) is 4. The van der Waals surface area contributed by atoms with Crippen LogP contribution < -0.4 is 0 Å². The third-order valence-electron chi connectivity index (χ3n) is 1.84. The Labute approximate surface area is 76.8 Å². The molecule has 0 aromatic rings. The standard InChI is InChI=1S/C9H14O4/c10-7-2-1-5-13-9(12)6-8(11)4-3-7/h3-4,7-8,10-11H,1-2,5-6H2/b4-3+/t7-,8-/m1/s1. The van der Waals surface area contributed by atoms with Crippen molar-refractivity contribution in [3.05, 3.63) is 12.2 Å². The molecule has 0 unspecified atom stereocenters. The van der Waals surface area contributed by atoms with Gasteiger partial charge in [0.05, 0.1) is 25.2 Å². The average Bonchev–Trinajstić information content (AvgIpc) is 2.08. The second-order valence-electron chi connectivity index (χ2n) is 3.09. The molecular weight excluding hydrogens is 172 g/mol.